The molecule has 2 N–H and O–H groups in total. The summed E-state index contributed by atoms with van der Waals surface area (Å²) >= 11 is 0. The van der Waals surface area contributed by atoms with Gasteiger partial charge in [-0.2, -0.15) is 0 Å². The molecule has 0 rings (SSSR count). The van der Waals surface area contributed by atoms with Gasteiger partial charge in [-0.15, -0.1) is 0 Å². The third kappa shape index (κ3) is 27.5. The maximum Gasteiger partial charge on any atom is 0.306 e. The van der Waals surface area contributed by atoms with Gasteiger partial charge in [0.1, 0.15) is 11.7 Å². The lowest BCUT2D eigenvalue weighted by molar-refractivity contribution is -0.188. The van der Waals surface area contributed by atoms with E-state index in [2.05, 4.69) is 13.8 Å². The van der Waals surface area contributed by atoms with E-state index >= 15 is 0 Å². The first-order valence-electron chi connectivity index (χ1n) is 19.5. The van der Waals surface area contributed by atoms with Crippen LogP contribution in [0.25, 0.3) is 0 Å². The molecule has 1 atom stereocenters. The van der Waals surface area contributed by atoms with Crippen LogP contribution in [0.5, 0.6) is 0 Å². The Morgan fingerprint density at radius 3 is 1.17 bits per heavy atom. The van der Waals surface area contributed by atoms with Crippen molar-refractivity contribution in [1.82, 2.24) is 0 Å². The summed E-state index contributed by atoms with van der Waals surface area (Å²) in [7, 11) is 0. The molecule has 8 heteroatoms. The molecule has 0 aliphatic carbocycles. The second-order valence-corrected chi connectivity index (χ2v) is 13.7. The molecular formula is C39H72O8. The topological polar surface area (TPSA) is 127 Å². The van der Waals surface area contributed by atoms with E-state index in [9.17, 15) is 19.2 Å². The highest BCUT2D eigenvalue weighted by Crippen LogP contribution is 2.34. The first-order valence-corrected chi connectivity index (χ1v) is 19.5. The van der Waals surface area contributed by atoms with Crippen LogP contribution < -0.4 is 0 Å². The molecule has 276 valence electrons. The monoisotopic (exact) mass is 669 g/mol. The second kappa shape index (κ2) is 31.2. The van der Waals surface area contributed by atoms with Gasteiger partial charge in [0.05, 0.1) is 0 Å². The van der Waals surface area contributed by atoms with Gasteiger partial charge in [-0.05, 0) is 58.3 Å². The van der Waals surface area contributed by atoms with Crippen LogP contribution in [0.2, 0.25) is 0 Å². The molecule has 0 heterocycles. The van der Waals surface area contributed by atoms with Crippen molar-refractivity contribution in [2.45, 2.75) is 225 Å². The number of hydrogen-bond donors (Lipinski definition) is 2. The smallest absolute Gasteiger partial charge is 0.306 e. The number of carboxylic acids is 2. The van der Waals surface area contributed by atoms with Crippen LogP contribution in [-0.4, -0.2) is 45.8 Å². The van der Waals surface area contributed by atoms with Gasteiger partial charge in [-0.25, -0.2) is 0 Å². The van der Waals surface area contributed by atoms with Crippen LogP contribution in [0.3, 0.4) is 0 Å². The lowest BCUT2D eigenvalue weighted by Gasteiger charge is -2.38. The number of hydrogen-bond acceptors (Lipinski definition) is 6. The first-order chi connectivity index (χ1) is 22.7. The predicted molar refractivity (Wildman–Crippen MR) is 190 cm³/mol. The van der Waals surface area contributed by atoms with Crippen molar-refractivity contribution in [2.24, 2.45) is 0 Å². The summed E-state index contributed by atoms with van der Waals surface area (Å²) in [5.41, 5.74) is -0.907. The number of rotatable bonds is 35. The van der Waals surface area contributed by atoms with Crippen molar-refractivity contribution in [3.05, 3.63) is 0 Å². The predicted octanol–water partition coefficient (Wildman–Crippen LogP) is 11.1. The fourth-order valence-electron chi connectivity index (χ4n) is 6.27. The summed E-state index contributed by atoms with van der Waals surface area (Å²) < 4.78 is 12.4. The molecule has 0 fully saturated rings. The largest absolute Gasteiger partial charge is 0.481 e. The van der Waals surface area contributed by atoms with Crippen molar-refractivity contribution in [2.75, 3.05) is 0 Å². The van der Waals surface area contributed by atoms with Crippen molar-refractivity contribution in [1.29, 1.82) is 0 Å². The summed E-state index contributed by atoms with van der Waals surface area (Å²) in [6.07, 6.45) is 25.6. The average molecular weight is 669 g/mol. The van der Waals surface area contributed by atoms with E-state index in [1.807, 2.05) is 6.92 Å². The van der Waals surface area contributed by atoms with Crippen LogP contribution in [0, 0.1) is 0 Å². The molecule has 0 aromatic carbocycles. The SMILES string of the molecule is CCCCCCCCCC(=O)O[C@@H](C)C(CCCCCCCC(=O)O)(CCCCCCCC(=O)O)OC(=O)CCCCCCCCC. The van der Waals surface area contributed by atoms with Crippen LogP contribution >= 0.6 is 0 Å². The molecule has 0 unspecified atom stereocenters. The van der Waals surface area contributed by atoms with Gasteiger partial charge in [0.2, 0.25) is 0 Å². The number of carboxylic acid groups (broad SMARTS) is 2. The van der Waals surface area contributed by atoms with Gasteiger partial charge in [0, 0.05) is 25.7 Å². The van der Waals surface area contributed by atoms with Crippen LogP contribution in [0.4, 0.5) is 0 Å². The minimum Gasteiger partial charge on any atom is -0.481 e. The lowest BCUT2D eigenvalue weighted by atomic mass is 9.84. The second-order valence-electron chi connectivity index (χ2n) is 13.7. The molecule has 0 aromatic rings. The normalized spacial score (nSPS) is 12.1. The average Bonchev–Trinajstić information content (AvgIpc) is 3.02. The highest BCUT2D eigenvalue weighted by atomic mass is 16.6. The molecule has 0 aromatic heterocycles. The lowest BCUT2D eigenvalue weighted by Crippen LogP contribution is -2.47. The quantitative estimate of drug-likeness (QED) is 0.0504. The van der Waals surface area contributed by atoms with E-state index in [0.29, 0.717) is 38.5 Å². The maximum atomic E-state index is 13.3. The Balaban J connectivity index is 5.41. The molecule has 0 spiro atoms. The molecular weight excluding hydrogens is 596 g/mol. The molecule has 47 heavy (non-hydrogen) atoms. The molecule has 0 aliphatic heterocycles. The first kappa shape index (κ1) is 44.9. The highest BCUT2D eigenvalue weighted by molar-refractivity contribution is 5.71. The van der Waals surface area contributed by atoms with E-state index in [1.54, 1.807) is 0 Å². The molecule has 0 bridgehead atoms. The Labute approximate surface area is 287 Å². The highest BCUT2D eigenvalue weighted by Gasteiger charge is 2.41. The van der Waals surface area contributed by atoms with E-state index in [0.717, 1.165) is 89.9 Å². The number of aliphatic carboxylic acids is 2. The standard InChI is InChI=1S/C39H72O8/c1-4-6-8-10-12-18-24-30-37(44)46-34(3)39(32-26-20-14-16-22-28-35(40)41,33-27-21-15-17-23-29-36(42)43)47-38(45)31-25-19-13-11-9-7-5-2/h34H,4-33H2,1-3H3,(H,40,41)(H,42,43)/t34-/m0/s1. The van der Waals surface area contributed by atoms with Gasteiger partial charge < -0.3 is 19.7 Å². The zero-order valence-electron chi connectivity index (χ0n) is 30.6. The Kier molecular flexibility index (Phi) is 29.8. The van der Waals surface area contributed by atoms with Crippen molar-refractivity contribution < 1.29 is 38.9 Å². The molecule has 0 amide bonds. The van der Waals surface area contributed by atoms with E-state index in [-0.39, 0.29) is 24.8 Å². The van der Waals surface area contributed by atoms with Crippen molar-refractivity contribution >= 4 is 23.9 Å². The zero-order valence-corrected chi connectivity index (χ0v) is 30.6. The van der Waals surface area contributed by atoms with Gasteiger partial charge in [0.15, 0.2) is 0 Å². The van der Waals surface area contributed by atoms with Gasteiger partial charge in [-0.3, -0.25) is 19.2 Å². The minimum absolute atomic E-state index is 0.179. The Morgan fingerprint density at radius 2 is 0.787 bits per heavy atom. The number of carbonyl (C=O) groups excluding carboxylic acids is 2. The van der Waals surface area contributed by atoms with Crippen molar-refractivity contribution in [3.63, 3.8) is 0 Å². The van der Waals surface area contributed by atoms with Gasteiger partial charge >= 0.3 is 23.9 Å². The molecule has 0 radical (unpaired) electrons. The van der Waals surface area contributed by atoms with Crippen molar-refractivity contribution in [3.8, 4) is 0 Å². The fourth-order valence-corrected chi connectivity index (χ4v) is 6.27. The Hall–Kier alpha value is -2.12. The number of unbranched alkanes of at least 4 members (excludes halogenated alkanes) is 20. The maximum absolute atomic E-state index is 13.3. The van der Waals surface area contributed by atoms with Gasteiger partial charge in [-0.1, -0.05) is 129 Å². The summed E-state index contributed by atoms with van der Waals surface area (Å²) in [5, 5.41) is 17.9. The van der Waals surface area contributed by atoms with E-state index in [1.165, 1.54) is 51.4 Å². The molecule has 0 saturated carbocycles. The Morgan fingerprint density at radius 1 is 0.468 bits per heavy atom. The summed E-state index contributed by atoms with van der Waals surface area (Å²) in [5.74, 6) is -2.00. The van der Waals surface area contributed by atoms with Crippen LogP contribution in [0.15, 0.2) is 0 Å². The summed E-state index contributed by atoms with van der Waals surface area (Å²) in [6.45, 7) is 6.29. The minimum atomic E-state index is -0.907. The van der Waals surface area contributed by atoms with E-state index in [4.69, 9.17) is 19.7 Å². The van der Waals surface area contributed by atoms with Crippen LogP contribution in [0.1, 0.15) is 213 Å². The fraction of sp³-hybridized carbons (Fsp3) is 0.897. The van der Waals surface area contributed by atoms with Crippen LogP contribution in [-0.2, 0) is 28.7 Å². The number of ether oxygens (including phenoxy) is 2. The molecule has 8 nitrogen and oxygen atoms in total. The third-order valence-electron chi connectivity index (χ3n) is 9.32. The zero-order chi connectivity index (χ0) is 35.0. The number of carbonyl (C=O) groups is 4. The molecule has 0 saturated heterocycles. The number of esters is 2. The van der Waals surface area contributed by atoms with E-state index < -0.39 is 23.6 Å². The molecule has 0 aliphatic rings. The summed E-state index contributed by atoms with van der Waals surface area (Å²) in [4.78, 5) is 48.0. The summed E-state index contributed by atoms with van der Waals surface area (Å²) in [6, 6.07) is 0. The van der Waals surface area contributed by atoms with Gasteiger partial charge in [0.25, 0.3) is 0 Å². The third-order valence-corrected chi connectivity index (χ3v) is 9.32. The Bertz CT molecular complexity index is 768.